The maximum atomic E-state index is 9.71. The van der Waals surface area contributed by atoms with E-state index in [1.54, 1.807) is 0 Å². The van der Waals surface area contributed by atoms with E-state index in [-0.39, 0.29) is 5.41 Å². The van der Waals surface area contributed by atoms with E-state index in [1.807, 2.05) is 0 Å². The summed E-state index contributed by atoms with van der Waals surface area (Å²) in [7, 11) is 0. The third-order valence-electron chi connectivity index (χ3n) is 5.20. The smallest absolute Gasteiger partial charge is 0.205 e. The zero-order valence-corrected chi connectivity index (χ0v) is 12.0. The van der Waals surface area contributed by atoms with E-state index in [1.165, 1.54) is 23.1 Å². The summed E-state index contributed by atoms with van der Waals surface area (Å²) in [6.45, 7) is 0. The molecule has 4 rings (SSSR count). The van der Waals surface area contributed by atoms with Gasteiger partial charge in [0, 0.05) is 6.42 Å². The number of nitrogens with two attached hydrogens (primary N) is 1. The van der Waals surface area contributed by atoms with E-state index in [0.29, 0.717) is 11.5 Å². The molecule has 0 fully saturated rings. The maximum Gasteiger partial charge on any atom is 0.205 e. The van der Waals surface area contributed by atoms with Crippen LogP contribution in [-0.4, -0.2) is 0 Å². The van der Waals surface area contributed by atoms with Crippen LogP contribution in [0.4, 0.5) is 0 Å². The van der Waals surface area contributed by atoms with Crippen LogP contribution in [-0.2, 0) is 16.6 Å². The van der Waals surface area contributed by atoms with Gasteiger partial charge < -0.3 is 10.5 Å². The van der Waals surface area contributed by atoms with Gasteiger partial charge in [0.1, 0.15) is 17.4 Å². The summed E-state index contributed by atoms with van der Waals surface area (Å²) in [6, 6.07) is 10.8. The molecule has 0 saturated carbocycles. The van der Waals surface area contributed by atoms with Crippen LogP contribution in [0.5, 0.6) is 0 Å². The largest absolute Gasteiger partial charge is 0.445 e. The molecule has 0 saturated heterocycles. The summed E-state index contributed by atoms with van der Waals surface area (Å²) in [4.78, 5) is 0. The number of nitriles is 1. The van der Waals surface area contributed by atoms with Gasteiger partial charge in [-0.25, -0.2) is 0 Å². The summed E-state index contributed by atoms with van der Waals surface area (Å²) in [5, 5.41) is 9.71. The standard InChI is InChI=1S/C18H18N2O/c19-11-15-17(20)21-16-8-4-3-7-14(16)18(15)10-9-12-5-1-2-6-13(12)18/h1-2,5-6H,3-4,7-10,20H2. The Morgan fingerprint density at radius 3 is 2.81 bits per heavy atom. The average molecular weight is 278 g/mol. The van der Waals surface area contributed by atoms with E-state index in [2.05, 4.69) is 30.3 Å². The van der Waals surface area contributed by atoms with Gasteiger partial charge in [0.05, 0.1) is 5.41 Å². The number of hydrogen-bond acceptors (Lipinski definition) is 3. The Labute approximate surface area is 124 Å². The molecule has 3 heteroatoms. The SMILES string of the molecule is N#CC1=C(N)OC2=C(CCCC2)C12CCc1ccccc12. The Hall–Kier alpha value is -2.21. The molecule has 1 aromatic carbocycles. The van der Waals surface area contributed by atoms with Crippen LogP contribution < -0.4 is 5.73 Å². The minimum absolute atomic E-state index is 0.315. The highest BCUT2D eigenvalue weighted by molar-refractivity contribution is 5.60. The lowest BCUT2D eigenvalue weighted by atomic mass is 9.65. The number of ether oxygens (including phenoxy) is 1. The van der Waals surface area contributed by atoms with Crippen LogP contribution in [0.1, 0.15) is 43.2 Å². The summed E-state index contributed by atoms with van der Waals surface area (Å²) in [5.41, 5.74) is 10.3. The van der Waals surface area contributed by atoms with Crippen LogP contribution in [0.25, 0.3) is 0 Å². The second-order valence-corrected chi connectivity index (χ2v) is 6.12. The summed E-state index contributed by atoms with van der Waals surface area (Å²) >= 11 is 0. The van der Waals surface area contributed by atoms with Gasteiger partial charge in [-0.2, -0.15) is 5.26 Å². The summed E-state index contributed by atoms with van der Waals surface area (Å²) in [6.07, 6.45) is 6.22. The van der Waals surface area contributed by atoms with Gasteiger partial charge in [-0.3, -0.25) is 0 Å². The monoisotopic (exact) mass is 278 g/mol. The fourth-order valence-corrected chi connectivity index (χ4v) is 4.32. The molecule has 1 unspecified atom stereocenters. The van der Waals surface area contributed by atoms with Crippen molar-refractivity contribution in [1.82, 2.24) is 0 Å². The Kier molecular flexibility index (Phi) is 2.62. The number of nitrogens with zero attached hydrogens (tertiary/aromatic N) is 1. The van der Waals surface area contributed by atoms with Gasteiger partial charge in [0.2, 0.25) is 5.88 Å². The van der Waals surface area contributed by atoms with Gasteiger partial charge >= 0.3 is 0 Å². The molecule has 1 aromatic rings. The maximum absolute atomic E-state index is 9.71. The molecule has 0 bridgehead atoms. The summed E-state index contributed by atoms with van der Waals surface area (Å²) in [5.74, 6) is 1.34. The van der Waals surface area contributed by atoms with Crippen molar-refractivity contribution < 1.29 is 4.74 Å². The highest BCUT2D eigenvalue weighted by Crippen LogP contribution is 2.55. The van der Waals surface area contributed by atoms with Crippen molar-refractivity contribution in [2.24, 2.45) is 5.73 Å². The van der Waals surface area contributed by atoms with Gasteiger partial charge in [-0.05, 0) is 48.8 Å². The van der Waals surface area contributed by atoms with E-state index in [0.717, 1.165) is 37.9 Å². The number of fused-ring (bicyclic) bond motifs is 3. The Morgan fingerprint density at radius 1 is 1.14 bits per heavy atom. The molecule has 0 amide bonds. The van der Waals surface area contributed by atoms with E-state index in [4.69, 9.17) is 10.5 Å². The molecule has 2 N–H and O–H groups in total. The first kappa shape index (κ1) is 12.5. The Bertz CT molecular complexity index is 723. The second kappa shape index (κ2) is 4.39. The molecule has 0 radical (unpaired) electrons. The number of hydrogen-bond donors (Lipinski definition) is 1. The third-order valence-corrected chi connectivity index (χ3v) is 5.20. The molecule has 2 aliphatic carbocycles. The highest BCUT2D eigenvalue weighted by Gasteiger charge is 2.50. The molecule has 3 nitrogen and oxygen atoms in total. The molecule has 0 aromatic heterocycles. The van der Waals surface area contributed by atoms with Crippen molar-refractivity contribution in [3.05, 3.63) is 58.2 Å². The average Bonchev–Trinajstić information content (AvgIpc) is 2.88. The number of rotatable bonds is 0. The summed E-state index contributed by atoms with van der Waals surface area (Å²) < 4.78 is 5.81. The second-order valence-electron chi connectivity index (χ2n) is 6.12. The fourth-order valence-electron chi connectivity index (χ4n) is 4.32. The van der Waals surface area contributed by atoms with E-state index >= 15 is 0 Å². The minimum atomic E-state index is -0.316. The first-order chi connectivity index (χ1) is 10.3. The Morgan fingerprint density at radius 2 is 1.95 bits per heavy atom. The van der Waals surface area contributed by atoms with Crippen molar-refractivity contribution in [3.8, 4) is 6.07 Å². The van der Waals surface area contributed by atoms with Crippen molar-refractivity contribution >= 4 is 0 Å². The topological polar surface area (TPSA) is 59.0 Å². The molecule has 1 aliphatic heterocycles. The highest BCUT2D eigenvalue weighted by atomic mass is 16.5. The predicted octanol–water partition coefficient (Wildman–Crippen LogP) is 3.42. The van der Waals surface area contributed by atoms with Crippen LogP contribution in [0.2, 0.25) is 0 Å². The lowest BCUT2D eigenvalue weighted by molar-refractivity contribution is 0.234. The third kappa shape index (κ3) is 1.53. The van der Waals surface area contributed by atoms with Gasteiger partial charge in [-0.1, -0.05) is 24.3 Å². The zero-order chi connectivity index (χ0) is 14.4. The van der Waals surface area contributed by atoms with Crippen LogP contribution >= 0.6 is 0 Å². The zero-order valence-electron chi connectivity index (χ0n) is 12.0. The number of benzene rings is 1. The Balaban J connectivity index is 2.01. The van der Waals surface area contributed by atoms with Gasteiger partial charge in [-0.15, -0.1) is 0 Å². The fraction of sp³-hybridized carbons (Fsp3) is 0.389. The van der Waals surface area contributed by atoms with Crippen LogP contribution in [0.3, 0.4) is 0 Å². The number of allylic oxidation sites excluding steroid dienone is 3. The van der Waals surface area contributed by atoms with Crippen LogP contribution in [0.15, 0.2) is 47.1 Å². The number of aryl methyl sites for hydroxylation is 1. The van der Waals surface area contributed by atoms with E-state index < -0.39 is 0 Å². The van der Waals surface area contributed by atoms with Crippen molar-refractivity contribution in [2.45, 2.75) is 43.9 Å². The van der Waals surface area contributed by atoms with Crippen LogP contribution in [0, 0.1) is 11.3 Å². The molecule has 21 heavy (non-hydrogen) atoms. The quantitative estimate of drug-likeness (QED) is 0.791. The lowest BCUT2D eigenvalue weighted by Crippen LogP contribution is -2.36. The normalized spacial score (nSPS) is 27.2. The predicted molar refractivity (Wildman–Crippen MR) is 79.8 cm³/mol. The lowest BCUT2D eigenvalue weighted by Gasteiger charge is -2.40. The van der Waals surface area contributed by atoms with Crippen molar-refractivity contribution in [3.63, 3.8) is 0 Å². The first-order valence-corrected chi connectivity index (χ1v) is 7.66. The van der Waals surface area contributed by atoms with Crippen molar-refractivity contribution in [2.75, 3.05) is 0 Å². The van der Waals surface area contributed by atoms with Crippen molar-refractivity contribution in [1.29, 1.82) is 5.26 Å². The molecular formula is C18H18N2O. The molecule has 1 atom stereocenters. The first-order valence-electron chi connectivity index (χ1n) is 7.66. The molecule has 1 spiro atoms. The minimum Gasteiger partial charge on any atom is -0.445 e. The molecule has 1 heterocycles. The molecule has 106 valence electrons. The van der Waals surface area contributed by atoms with E-state index in [9.17, 15) is 5.26 Å². The molecular weight excluding hydrogens is 260 g/mol. The molecule has 3 aliphatic rings. The van der Waals surface area contributed by atoms with Gasteiger partial charge in [0.25, 0.3) is 0 Å². The van der Waals surface area contributed by atoms with Gasteiger partial charge in [0.15, 0.2) is 0 Å².